The summed E-state index contributed by atoms with van der Waals surface area (Å²) < 4.78 is 0. The molecular formula is C14H10N. The third-order valence-corrected chi connectivity index (χ3v) is 2.61. The van der Waals surface area contributed by atoms with E-state index < -0.39 is 0 Å². The van der Waals surface area contributed by atoms with Crippen LogP contribution in [0.3, 0.4) is 0 Å². The van der Waals surface area contributed by atoms with Gasteiger partial charge in [-0.3, -0.25) is 0 Å². The van der Waals surface area contributed by atoms with Gasteiger partial charge in [-0.2, -0.15) is 0 Å². The Morgan fingerprint density at radius 2 is 2.00 bits per heavy atom. The molecular weight excluding hydrogens is 182 g/mol. The minimum absolute atomic E-state index is 1.14. The molecule has 0 spiro atoms. The first kappa shape index (κ1) is 8.30. The molecule has 0 unspecified atom stereocenters. The third kappa shape index (κ3) is 1.33. The fourth-order valence-electron chi connectivity index (χ4n) is 1.89. The fourth-order valence-corrected chi connectivity index (χ4v) is 1.89. The summed E-state index contributed by atoms with van der Waals surface area (Å²) in [5.41, 5.74) is 2.34. The zero-order valence-corrected chi connectivity index (χ0v) is 8.20. The molecule has 1 N–H and O–H groups in total. The maximum atomic E-state index is 3.19. The Bertz CT molecular complexity index is 600. The summed E-state index contributed by atoms with van der Waals surface area (Å²) >= 11 is 0. The first-order chi connectivity index (χ1) is 7.45. The summed E-state index contributed by atoms with van der Waals surface area (Å²) in [5.74, 6) is 0. The summed E-state index contributed by atoms with van der Waals surface area (Å²) in [6.45, 7) is 0. The van der Waals surface area contributed by atoms with Crippen LogP contribution in [-0.2, 0) is 0 Å². The molecule has 1 aromatic carbocycles. The second kappa shape index (κ2) is 3.28. The molecule has 0 atom stereocenters. The van der Waals surface area contributed by atoms with Gasteiger partial charge in [0.25, 0.3) is 0 Å². The molecule has 1 nitrogen and oxygen atoms in total. The van der Waals surface area contributed by atoms with Crippen molar-refractivity contribution in [2.75, 3.05) is 0 Å². The highest BCUT2D eigenvalue weighted by Crippen LogP contribution is 2.12. The number of hydrogen-bond donors (Lipinski definition) is 1. The van der Waals surface area contributed by atoms with Gasteiger partial charge in [0.1, 0.15) is 0 Å². The predicted molar refractivity (Wildman–Crippen MR) is 61.7 cm³/mol. The monoisotopic (exact) mass is 192 g/mol. The van der Waals surface area contributed by atoms with Crippen molar-refractivity contribution < 1.29 is 0 Å². The third-order valence-electron chi connectivity index (χ3n) is 2.61. The van der Waals surface area contributed by atoms with E-state index in [1.807, 2.05) is 6.08 Å². The molecule has 71 valence electrons. The number of dihydropyridines is 1. The number of allylic oxidation sites excluding steroid dienone is 3. The van der Waals surface area contributed by atoms with Gasteiger partial charge in [-0.15, -0.1) is 0 Å². The molecule has 0 fully saturated rings. The van der Waals surface area contributed by atoms with Gasteiger partial charge in [0.15, 0.2) is 0 Å². The highest BCUT2D eigenvalue weighted by Gasteiger charge is 2.06. The molecule has 1 heterocycles. The Hall–Kier alpha value is -2.02. The van der Waals surface area contributed by atoms with Gasteiger partial charge in [0.2, 0.25) is 0 Å². The Balaban J connectivity index is 2.45. The van der Waals surface area contributed by atoms with E-state index in [-0.39, 0.29) is 0 Å². The van der Waals surface area contributed by atoms with Gasteiger partial charge in [-0.05, 0) is 16.9 Å². The molecule has 1 heteroatoms. The second-order valence-corrected chi connectivity index (χ2v) is 3.55. The Morgan fingerprint density at radius 1 is 1.07 bits per heavy atom. The second-order valence-electron chi connectivity index (χ2n) is 3.55. The minimum Gasteiger partial charge on any atom is -0.353 e. The van der Waals surface area contributed by atoms with Crippen molar-refractivity contribution in [1.82, 2.24) is 5.32 Å². The topological polar surface area (TPSA) is 12.0 Å². The zero-order chi connectivity index (χ0) is 10.1. The van der Waals surface area contributed by atoms with Gasteiger partial charge < -0.3 is 5.32 Å². The van der Waals surface area contributed by atoms with E-state index in [1.165, 1.54) is 16.0 Å². The summed E-state index contributed by atoms with van der Waals surface area (Å²) in [6, 6.07) is 8.36. The highest BCUT2D eigenvalue weighted by atomic mass is 14.9. The predicted octanol–water partition coefficient (Wildman–Crippen LogP) is 0.992. The molecule has 1 aliphatic carbocycles. The van der Waals surface area contributed by atoms with Crippen molar-refractivity contribution >= 4 is 11.8 Å². The largest absolute Gasteiger partial charge is 0.353 e. The van der Waals surface area contributed by atoms with Gasteiger partial charge in [-0.1, -0.05) is 48.6 Å². The zero-order valence-electron chi connectivity index (χ0n) is 8.20. The lowest BCUT2D eigenvalue weighted by atomic mass is 10.1. The van der Waals surface area contributed by atoms with Crippen molar-refractivity contribution in [3.63, 3.8) is 0 Å². The molecule has 0 aromatic heterocycles. The van der Waals surface area contributed by atoms with Crippen LogP contribution in [0.15, 0.2) is 54.1 Å². The molecule has 15 heavy (non-hydrogen) atoms. The van der Waals surface area contributed by atoms with Crippen molar-refractivity contribution in [3.8, 4) is 0 Å². The normalized spacial score (nSPS) is 16.8. The fraction of sp³-hybridized carbons (Fsp3) is 0. The van der Waals surface area contributed by atoms with Crippen LogP contribution in [-0.4, -0.2) is 0 Å². The van der Waals surface area contributed by atoms with Crippen LogP contribution in [0, 0.1) is 6.20 Å². The number of fused-ring (bicyclic) bond motifs is 2. The highest BCUT2D eigenvalue weighted by molar-refractivity contribution is 5.72. The lowest BCUT2D eigenvalue weighted by molar-refractivity contribution is 1.13. The van der Waals surface area contributed by atoms with E-state index in [4.69, 9.17) is 0 Å². The molecule has 0 bridgehead atoms. The average Bonchev–Trinajstić information content (AvgIpc) is 2.48. The summed E-state index contributed by atoms with van der Waals surface area (Å²) in [4.78, 5) is 0. The summed E-state index contributed by atoms with van der Waals surface area (Å²) in [7, 11) is 0. The first-order valence-electron chi connectivity index (χ1n) is 4.98. The lowest BCUT2D eigenvalue weighted by Gasteiger charge is -2.10. The molecule has 1 aliphatic heterocycles. The minimum atomic E-state index is 1.14. The van der Waals surface area contributed by atoms with E-state index in [9.17, 15) is 0 Å². The summed E-state index contributed by atoms with van der Waals surface area (Å²) in [6.07, 6.45) is 13.3. The van der Waals surface area contributed by atoms with Gasteiger partial charge in [-0.25, -0.2) is 0 Å². The van der Waals surface area contributed by atoms with Crippen molar-refractivity contribution in [2.24, 2.45) is 0 Å². The van der Waals surface area contributed by atoms with Crippen molar-refractivity contribution in [1.29, 1.82) is 0 Å². The Labute approximate surface area is 88.4 Å². The number of nitrogens with one attached hydrogen (secondary N) is 1. The van der Waals surface area contributed by atoms with Crippen LogP contribution in [0.2, 0.25) is 0 Å². The van der Waals surface area contributed by atoms with Crippen LogP contribution in [0.1, 0.15) is 0 Å². The lowest BCUT2D eigenvalue weighted by Crippen LogP contribution is -2.30. The standard InChI is InChI=1S/C14H10N/c1-2-9-13-11(5-1)6-3-7-12-8-4-10-15-14(12)13/h1-9,15H. The van der Waals surface area contributed by atoms with E-state index in [0.29, 0.717) is 0 Å². The van der Waals surface area contributed by atoms with Crippen molar-refractivity contribution in [2.45, 2.75) is 0 Å². The quantitative estimate of drug-likeness (QED) is 0.646. The smallest absolute Gasteiger partial charge is 0.0624 e. The van der Waals surface area contributed by atoms with E-state index >= 15 is 0 Å². The molecule has 1 radical (unpaired) electrons. The number of benzene rings is 1. The maximum absolute atomic E-state index is 3.19. The average molecular weight is 192 g/mol. The first-order valence-corrected chi connectivity index (χ1v) is 4.98. The van der Waals surface area contributed by atoms with Crippen LogP contribution in [0.5, 0.6) is 0 Å². The van der Waals surface area contributed by atoms with Crippen molar-refractivity contribution in [3.05, 3.63) is 70.8 Å². The van der Waals surface area contributed by atoms with E-state index in [1.54, 1.807) is 0 Å². The Morgan fingerprint density at radius 3 is 3.00 bits per heavy atom. The number of hydrogen-bond acceptors (Lipinski definition) is 1. The number of rotatable bonds is 0. The summed E-state index contributed by atoms with van der Waals surface area (Å²) in [5, 5.41) is 5.66. The molecule has 2 aliphatic rings. The van der Waals surface area contributed by atoms with Gasteiger partial charge >= 0.3 is 0 Å². The molecule has 0 saturated carbocycles. The maximum Gasteiger partial charge on any atom is 0.0624 e. The van der Waals surface area contributed by atoms with E-state index in [2.05, 4.69) is 60.1 Å². The molecule has 1 aromatic rings. The molecule has 0 saturated heterocycles. The SMILES string of the molecule is [C]1=CC=C2C=CC=c3ccccc3=C2N1. The molecule has 3 rings (SSSR count). The van der Waals surface area contributed by atoms with Crippen LogP contribution in [0.4, 0.5) is 0 Å². The Kier molecular flexibility index (Phi) is 1.82. The van der Waals surface area contributed by atoms with Crippen LogP contribution < -0.4 is 15.8 Å². The van der Waals surface area contributed by atoms with Crippen LogP contribution >= 0.6 is 0 Å². The van der Waals surface area contributed by atoms with E-state index in [0.717, 1.165) is 5.70 Å². The van der Waals surface area contributed by atoms with Gasteiger partial charge in [0.05, 0.1) is 11.9 Å². The molecule has 0 amide bonds. The van der Waals surface area contributed by atoms with Gasteiger partial charge in [0, 0.05) is 5.22 Å². The van der Waals surface area contributed by atoms with Crippen LogP contribution in [0.25, 0.3) is 11.8 Å².